The number of carbonyl (C=O) groups is 1. The highest BCUT2D eigenvalue weighted by atomic mass is 32.1. The van der Waals surface area contributed by atoms with Crippen molar-refractivity contribution in [1.82, 2.24) is 24.5 Å². The van der Waals surface area contributed by atoms with Gasteiger partial charge in [-0.05, 0) is 37.6 Å². The number of pyridine rings is 1. The Morgan fingerprint density at radius 1 is 1.25 bits per heavy atom. The minimum atomic E-state index is -0.830. The van der Waals surface area contributed by atoms with Gasteiger partial charge in [-0.15, -0.1) is 11.3 Å². The van der Waals surface area contributed by atoms with Crippen LogP contribution in [0.3, 0.4) is 0 Å². The maximum absolute atomic E-state index is 12.5. The summed E-state index contributed by atoms with van der Waals surface area (Å²) in [6.07, 6.45) is 9.21. The van der Waals surface area contributed by atoms with E-state index in [9.17, 15) is 9.90 Å². The number of hydrogen-bond donors (Lipinski definition) is 2. The van der Waals surface area contributed by atoms with Gasteiger partial charge < -0.3 is 14.8 Å². The van der Waals surface area contributed by atoms with Gasteiger partial charge in [0.15, 0.2) is 0 Å². The van der Waals surface area contributed by atoms with Crippen molar-refractivity contribution in [2.24, 2.45) is 0 Å². The van der Waals surface area contributed by atoms with Crippen molar-refractivity contribution in [3.63, 3.8) is 0 Å². The van der Waals surface area contributed by atoms with Crippen LogP contribution in [0.4, 0.5) is 0 Å². The largest absolute Gasteiger partial charge is 0.389 e. The molecule has 28 heavy (non-hydrogen) atoms. The smallest absolute Gasteiger partial charge is 0.261 e. The number of hydrogen-bond acceptors (Lipinski definition) is 5. The summed E-state index contributed by atoms with van der Waals surface area (Å²) >= 11 is 1.42. The average Bonchev–Trinajstić information content (AvgIpc) is 3.37. The minimum Gasteiger partial charge on any atom is -0.389 e. The van der Waals surface area contributed by atoms with Crippen molar-refractivity contribution in [2.75, 3.05) is 0 Å². The number of thiophene rings is 1. The van der Waals surface area contributed by atoms with Crippen molar-refractivity contribution < 1.29 is 9.90 Å². The van der Waals surface area contributed by atoms with Crippen molar-refractivity contribution in [1.29, 1.82) is 0 Å². The van der Waals surface area contributed by atoms with Crippen LogP contribution >= 0.6 is 11.3 Å². The second-order valence-corrected chi connectivity index (χ2v) is 8.40. The third-order valence-corrected chi connectivity index (χ3v) is 5.33. The highest BCUT2D eigenvalue weighted by Gasteiger charge is 2.16. The van der Waals surface area contributed by atoms with E-state index in [1.807, 2.05) is 47.3 Å². The van der Waals surface area contributed by atoms with Crippen LogP contribution in [-0.4, -0.2) is 35.8 Å². The number of aliphatic hydroxyl groups is 1. The lowest BCUT2D eigenvalue weighted by molar-refractivity contribution is 0.0577. The molecule has 0 bridgehead atoms. The monoisotopic (exact) mass is 395 g/mol. The number of nitrogens with one attached hydrogen (secondary N) is 1. The van der Waals surface area contributed by atoms with Gasteiger partial charge in [-0.1, -0.05) is 6.07 Å². The third-order valence-electron chi connectivity index (χ3n) is 4.20. The molecule has 4 aromatic rings. The molecule has 0 aliphatic rings. The second kappa shape index (κ2) is 7.21. The van der Waals surface area contributed by atoms with Crippen LogP contribution in [0.5, 0.6) is 0 Å². The molecule has 0 saturated heterocycles. The van der Waals surface area contributed by atoms with E-state index < -0.39 is 5.60 Å². The lowest BCUT2D eigenvalue weighted by Gasteiger charge is -2.16. The van der Waals surface area contributed by atoms with E-state index >= 15 is 0 Å². The molecule has 8 heteroatoms. The zero-order chi connectivity index (χ0) is 19.7. The number of imidazole rings is 1. The van der Waals surface area contributed by atoms with Crippen molar-refractivity contribution >= 4 is 22.9 Å². The topological polar surface area (TPSA) is 84.5 Å². The summed E-state index contributed by atoms with van der Waals surface area (Å²) < 4.78 is 3.64. The lowest BCUT2D eigenvalue weighted by Crippen LogP contribution is -2.26. The van der Waals surface area contributed by atoms with E-state index in [0.29, 0.717) is 18.0 Å². The maximum atomic E-state index is 12.5. The highest BCUT2D eigenvalue weighted by Crippen LogP contribution is 2.28. The van der Waals surface area contributed by atoms with Gasteiger partial charge in [-0.25, -0.2) is 4.98 Å². The molecular formula is C20H21N5O2S. The molecule has 144 valence electrons. The number of aromatic nitrogens is 4. The van der Waals surface area contributed by atoms with Crippen molar-refractivity contribution in [2.45, 2.75) is 32.5 Å². The fourth-order valence-electron chi connectivity index (χ4n) is 2.93. The molecule has 4 rings (SSSR count). The first-order valence-corrected chi connectivity index (χ1v) is 9.74. The zero-order valence-corrected chi connectivity index (χ0v) is 16.5. The molecule has 0 fully saturated rings. The fraction of sp³-hybridized carbons (Fsp3) is 0.250. The van der Waals surface area contributed by atoms with Crippen molar-refractivity contribution in [3.05, 3.63) is 65.7 Å². The van der Waals surface area contributed by atoms with E-state index in [-0.39, 0.29) is 5.91 Å². The maximum Gasteiger partial charge on any atom is 0.261 e. The van der Waals surface area contributed by atoms with Gasteiger partial charge in [0.1, 0.15) is 5.65 Å². The lowest BCUT2D eigenvalue weighted by atomic mass is 10.1. The zero-order valence-electron chi connectivity index (χ0n) is 15.7. The Morgan fingerprint density at radius 2 is 2.11 bits per heavy atom. The Morgan fingerprint density at radius 3 is 2.93 bits per heavy atom. The molecule has 0 radical (unpaired) electrons. The Kier molecular flexibility index (Phi) is 4.74. The van der Waals surface area contributed by atoms with Gasteiger partial charge in [-0.3, -0.25) is 9.48 Å². The van der Waals surface area contributed by atoms with Gasteiger partial charge in [-0.2, -0.15) is 5.10 Å². The van der Waals surface area contributed by atoms with E-state index in [0.717, 1.165) is 21.7 Å². The number of nitrogens with zero attached hydrogens (tertiary/aromatic N) is 4. The molecule has 0 unspecified atom stereocenters. The van der Waals surface area contributed by atoms with E-state index in [1.54, 1.807) is 30.9 Å². The quantitative estimate of drug-likeness (QED) is 0.526. The number of carbonyl (C=O) groups excluding carboxylic acids is 1. The first-order valence-electron chi connectivity index (χ1n) is 8.92. The number of fused-ring (bicyclic) bond motifs is 1. The first-order chi connectivity index (χ1) is 13.4. The van der Waals surface area contributed by atoms with Gasteiger partial charge in [0, 0.05) is 41.8 Å². The predicted octanol–water partition coefficient (Wildman–Crippen LogP) is 2.96. The van der Waals surface area contributed by atoms with Crippen LogP contribution < -0.4 is 5.32 Å². The molecule has 2 N–H and O–H groups in total. The van der Waals surface area contributed by atoms with Gasteiger partial charge in [0.05, 0.1) is 23.2 Å². The molecule has 0 aliphatic heterocycles. The molecule has 0 atom stereocenters. The Balaban J connectivity index is 1.41. The van der Waals surface area contributed by atoms with E-state index in [1.165, 1.54) is 11.3 Å². The second-order valence-electron chi connectivity index (χ2n) is 7.32. The summed E-state index contributed by atoms with van der Waals surface area (Å²) in [5.41, 5.74) is 1.98. The molecule has 0 aromatic carbocycles. The number of amides is 1. The molecule has 7 nitrogen and oxygen atoms in total. The van der Waals surface area contributed by atoms with Gasteiger partial charge in [0.25, 0.3) is 5.91 Å². The molecule has 0 saturated carbocycles. The van der Waals surface area contributed by atoms with Crippen molar-refractivity contribution in [3.8, 4) is 10.4 Å². The van der Waals surface area contributed by atoms with E-state index in [2.05, 4.69) is 15.4 Å². The Hall–Kier alpha value is -2.97. The summed E-state index contributed by atoms with van der Waals surface area (Å²) in [4.78, 5) is 18.3. The predicted molar refractivity (Wildman–Crippen MR) is 108 cm³/mol. The molecule has 0 spiro atoms. The first kappa shape index (κ1) is 18.4. The molecule has 1 amide bonds. The number of rotatable bonds is 6. The Bertz CT molecular complexity index is 1120. The van der Waals surface area contributed by atoms with Crippen LogP contribution in [0.25, 0.3) is 16.1 Å². The summed E-state index contributed by atoms with van der Waals surface area (Å²) in [5, 5.41) is 17.2. The fourth-order valence-corrected chi connectivity index (χ4v) is 3.83. The van der Waals surface area contributed by atoms with Crippen LogP contribution in [0, 0.1) is 0 Å². The van der Waals surface area contributed by atoms with Gasteiger partial charge in [0.2, 0.25) is 0 Å². The van der Waals surface area contributed by atoms with Gasteiger partial charge >= 0.3 is 0 Å². The van der Waals surface area contributed by atoms with Crippen LogP contribution in [0.1, 0.15) is 29.1 Å². The summed E-state index contributed by atoms with van der Waals surface area (Å²) in [6.45, 7) is 4.34. The normalized spacial score (nSPS) is 11.8. The summed E-state index contributed by atoms with van der Waals surface area (Å²) in [7, 11) is 0. The van der Waals surface area contributed by atoms with E-state index in [4.69, 9.17) is 0 Å². The molecule has 4 aromatic heterocycles. The Labute approximate surface area is 166 Å². The third kappa shape index (κ3) is 4.13. The van der Waals surface area contributed by atoms with Crippen LogP contribution in [-0.2, 0) is 13.1 Å². The summed E-state index contributed by atoms with van der Waals surface area (Å²) in [6, 6.07) is 7.62. The average molecular weight is 395 g/mol. The standard InChI is InChI=1S/C20H21N5O2S/c1-20(2,27)13-25-12-15(10-23-25)16-4-5-17(28-16)19(26)22-9-14-3-6-18-21-7-8-24(18)11-14/h3-8,10-12,27H,9,13H2,1-2H3,(H,22,26). The SMILES string of the molecule is CC(C)(O)Cn1cc(-c2ccc(C(=O)NCc3ccc4nccn4c3)s2)cn1. The highest BCUT2D eigenvalue weighted by molar-refractivity contribution is 7.17. The molecule has 0 aliphatic carbocycles. The van der Waals surface area contributed by atoms with Crippen LogP contribution in [0.2, 0.25) is 0 Å². The summed E-state index contributed by atoms with van der Waals surface area (Å²) in [5.74, 6) is -0.106. The molecular weight excluding hydrogens is 374 g/mol. The van der Waals surface area contributed by atoms with Crippen LogP contribution in [0.15, 0.2) is 55.2 Å². The minimum absolute atomic E-state index is 0.106. The molecule has 4 heterocycles.